The molecule has 0 aromatic rings. The third-order valence-electron chi connectivity index (χ3n) is 1.31. The first-order chi connectivity index (χ1) is 4.85. The second kappa shape index (κ2) is 7.41. The summed E-state index contributed by atoms with van der Waals surface area (Å²) in [6.45, 7) is 2.06. The molecule has 0 bridgehead atoms. The van der Waals surface area contributed by atoms with Gasteiger partial charge in [-0.3, -0.25) is 0 Å². The molecule has 0 spiro atoms. The summed E-state index contributed by atoms with van der Waals surface area (Å²) in [6.07, 6.45) is 2.82. The van der Waals surface area contributed by atoms with E-state index < -0.39 is 0 Å². The standard InChI is InChI=1S/C6H13NOS2/c1-2-3-6(7-8)4-5-10-9/h6,9H,2-5H2,1H3. The minimum atomic E-state index is 0.0182. The van der Waals surface area contributed by atoms with E-state index in [2.05, 4.69) is 23.8 Å². The van der Waals surface area contributed by atoms with Gasteiger partial charge in [-0.2, -0.15) is 4.91 Å². The van der Waals surface area contributed by atoms with Crippen LogP contribution in [-0.4, -0.2) is 11.8 Å². The Morgan fingerprint density at radius 1 is 1.60 bits per heavy atom. The van der Waals surface area contributed by atoms with Gasteiger partial charge in [0.1, 0.15) is 0 Å². The minimum Gasteiger partial charge on any atom is -0.151 e. The van der Waals surface area contributed by atoms with Crippen molar-refractivity contribution in [1.29, 1.82) is 0 Å². The van der Waals surface area contributed by atoms with E-state index >= 15 is 0 Å². The molecule has 0 rings (SSSR count). The van der Waals surface area contributed by atoms with E-state index in [0.717, 1.165) is 25.0 Å². The fourth-order valence-corrected chi connectivity index (χ4v) is 1.47. The fourth-order valence-electron chi connectivity index (χ4n) is 0.772. The van der Waals surface area contributed by atoms with Crippen molar-refractivity contribution in [3.05, 3.63) is 4.91 Å². The molecule has 0 N–H and O–H groups in total. The second-order valence-corrected chi connectivity index (χ2v) is 3.61. The van der Waals surface area contributed by atoms with Crippen LogP contribution in [0.1, 0.15) is 26.2 Å². The van der Waals surface area contributed by atoms with Crippen molar-refractivity contribution in [2.24, 2.45) is 5.18 Å². The van der Waals surface area contributed by atoms with Gasteiger partial charge in [0.25, 0.3) is 0 Å². The lowest BCUT2D eigenvalue weighted by molar-refractivity contribution is 0.589. The lowest BCUT2D eigenvalue weighted by Crippen LogP contribution is -2.03. The number of thiol groups is 1. The van der Waals surface area contributed by atoms with Crippen molar-refractivity contribution >= 4 is 22.5 Å². The average Bonchev–Trinajstić information content (AvgIpc) is 1.98. The Balaban J connectivity index is 3.29. The van der Waals surface area contributed by atoms with Gasteiger partial charge in [0.15, 0.2) is 0 Å². The zero-order valence-electron chi connectivity index (χ0n) is 6.12. The average molecular weight is 179 g/mol. The second-order valence-electron chi connectivity index (χ2n) is 2.17. The summed E-state index contributed by atoms with van der Waals surface area (Å²) >= 11 is 3.98. The van der Waals surface area contributed by atoms with E-state index in [-0.39, 0.29) is 6.04 Å². The van der Waals surface area contributed by atoms with Crippen LogP contribution in [0.2, 0.25) is 0 Å². The van der Waals surface area contributed by atoms with Gasteiger partial charge in [-0.25, -0.2) is 0 Å². The Hall–Kier alpha value is 0.300. The highest BCUT2D eigenvalue weighted by atomic mass is 33.1. The maximum absolute atomic E-state index is 10.1. The first-order valence-electron chi connectivity index (χ1n) is 3.44. The Labute approximate surface area is 70.9 Å². The van der Waals surface area contributed by atoms with E-state index in [1.807, 2.05) is 0 Å². The zero-order chi connectivity index (χ0) is 7.82. The maximum atomic E-state index is 10.1. The van der Waals surface area contributed by atoms with Gasteiger partial charge in [-0.15, -0.1) is 11.7 Å². The normalized spacial score (nSPS) is 13.0. The molecule has 0 aliphatic carbocycles. The van der Waals surface area contributed by atoms with E-state index in [1.54, 1.807) is 0 Å². The van der Waals surface area contributed by atoms with E-state index in [0.29, 0.717) is 0 Å². The highest BCUT2D eigenvalue weighted by Crippen LogP contribution is 2.13. The SMILES string of the molecule is CCCC(CCSS)N=O. The predicted molar refractivity (Wildman–Crippen MR) is 50.6 cm³/mol. The Bertz CT molecular complexity index is 89.8. The van der Waals surface area contributed by atoms with Crippen LogP contribution >= 0.6 is 22.5 Å². The van der Waals surface area contributed by atoms with Crippen molar-refractivity contribution in [2.75, 3.05) is 5.75 Å². The molecule has 1 unspecified atom stereocenters. The molecule has 4 heteroatoms. The molecule has 0 saturated heterocycles. The van der Waals surface area contributed by atoms with Crippen molar-refractivity contribution < 1.29 is 0 Å². The third-order valence-corrected chi connectivity index (χ3v) is 2.28. The van der Waals surface area contributed by atoms with Crippen LogP contribution in [0.4, 0.5) is 0 Å². The molecule has 2 nitrogen and oxygen atoms in total. The molecule has 0 fully saturated rings. The molecule has 0 amide bonds. The van der Waals surface area contributed by atoms with Gasteiger partial charge in [-0.1, -0.05) is 29.3 Å². The smallest absolute Gasteiger partial charge is 0.0927 e. The van der Waals surface area contributed by atoms with Crippen molar-refractivity contribution in [3.8, 4) is 0 Å². The van der Waals surface area contributed by atoms with Gasteiger partial charge in [0, 0.05) is 5.75 Å². The predicted octanol–water partition coefficient (Wildman–Crippen LogP) is 2.89. The Kier molecular flexibility index (Phi) is 7.63. The quantitative estimate of drug-likeness (QED) is 0.386. The minimum absolute atomic E-state index is 0.0182. The molecule has 60 valence electrons. The summed E-state index contributed by atoms with van der Waals surface area (Å²) in [7, 11) is 1.47. The molecule has 1 atom stereocenters. The molecule has 10 heavy (non-hydrogen) atoms. The first kappa shape index (κ1) is 10.3. The monoisotopic (exact) mass is 179 g/mol. The number of rotatable bonds is 6. The van der Waals surface area contributed by atoms with Crippen LogP contribution in [0.15, 0.2) is 5.18 Å². The topological polar surface area (TPSA) is 29.4 Å². The third kappa shape index (κ3) is 5.11. The van der Waals surface area contributed by atoms with E-state index in [4.69, 9.17) is 0 Å². The molecular formula is C6H13NOS2. The van der Waals surface area contributed by atoms with Crippen LogP contribution in [0.5, 0.6) is 0 Å². The molecule has 0 aromatic heterocycles. The van der Waals surface area contributed by atoms with Gasteiger partial charge in [-0.05, 0) is 12.8 Å². The van der Waals surface area contributed by atoms with Crippen molar-refractivity contribution in [1.82, 2.24) is 0 Å². The summed E-state index contributed by atoms with van der Waals surface area (Å²) in [5.41, 5.74) is 0. The fraction of sp³-hybridized carbons (Fsp3) is 1.00. The lowest BCUT2D eigenvalue weighted by atomic mass is 10.1. The van der Waals surface area contributed by atoms with Crippen LogP contribution in [-0.2, 0) is 0 Å². The van der Waals surface area contributed by atoms with Crippen LogP contribution < -0.4 is 0 Å². The van der Waals surface area contributed by atoms with Gasteiger partial charge < -0.3 is 0 Å². The molecule has 0 aliphatic heterocycles. The van der Waals surface area contributed by atoms with Gasteiger partial charge in [0.05, 0.1) is 6.04 Å². The number of nitroso groups, excluding NO2 is 1. The Morgan fingerprint density at radius 3 is 2.70 bits per heavy atom. The lowest BCUT2D eigenvalue weighted by Gasteiger charge is -2.03. The summed E-state index contributed by atoms with van der Waals surface area (Å²) in [4.78, 5) is 10.1. The highest BCUT2D eigenvalue weighted by molar-refractivity contribution is 8.68. The van der Waals surface area contributed by atoms with Crippen LogP contribution in [0, 0.1) is 4.91 Å². The number of hydrogen-bond acceptors (Lipinski definition) is 4. The maximum Gasteiger partial charge on any atom is 0.0927 e. The summed E-state index contributed by atoms with van der Waals surface area (Å²) < 4.78 is 0. The molecule has 0 heterocycles. The summed E-state index contributed by atoms with van der Waals surface area (Å²) in [6, 6.07) is 0.0182. The molecule has 0 aliphatic rings. The molecular weight excluding hydrogens is 166 g/mol. The zero-order valence-corrected chi connectivity index (χ0v) is 7.83. The molecule has 0 aromatic carbocycles. The Morgan fingerprint density at radius 2 is 2.30 bits per heavy atom. The van der Waals surface area contributed by atoms with Gasteiger partial charge >= 0.3 is 0 Å². The molecule has 0 saturated carbocycles. The number of hydrogen-bond donors (Lipinski definition) is 1. The van der Waals surface area contributed by atoms with Crippen molar-refractivity contribution in [3.63, 3.8) is 0 Å². The summed E-state index contributed by atoms with van der Waals surface area (Å²) in [5.74, 6) is 0.916. The van der Waals surface area contributed by atoms with E-state index in [1.165, 1.54) is 10.8 Å². The highest BCUT2D eigenvalue weighted by Gasteiger charge is 2.05. The van der Waals surface area contributed by atoms with Crippen LogP contribution in [0.3, 0.4) is 0 Å². The largest absolute Gasteiger partial charge is 0.151 e. The first-order valence-corrected chi connectivity index (χ1v) is 5.47. The van der Waals surface area contributed by atoms with E-state index in [9.17, 15) is 4.91 Å². The summed E-state index contributed by atoms with van der Waals surface area (Å²) in [5, 5.41) is 3.02. The van der Waals surface area contributed by atoms with Crippen molar-refractivity contribution in [2.45, 2.75) is 32.2 Å². The number of nitrogens with zero attached hydrogens (tertiary/aromatic N) is 1. The van der Waals surface area contributed by atoms with Crippen LogP contribution in [0.25, 0.3) is 0 Å². The van der Waals surface area contributed by atoms with Gasteiger partial charge in [0.2, 0.25) is 0 Å². The molecule has 0 radical (unpaired) electrons.